The molecule has 1 atom stereocenters. The number of nitrogens with zero attached hydrogens (tertiary/aromatic N) is 2. The lowest BCUT2D eigenvalue weighted by Crippen LogP contribution is -2.16. The number of hydrogen-bond donors (Lipinski definition) is 1. The maximum absolute atomic E-state index is 12.9. The number of halogens is 1. The van der Waals surface area contributed by atoms with Crippen molar-refractivity contribution in [2.24, 2.45) is 5.73 Å². The molecule has 0 radical (unpaired) electrons. The van der Waals surface area contributed by atoms with Gasteiger partial charge in [0.1, 0.15) is 5.82 Å². The molecular weight excluding hydrogens is 249 g/mol. The van der Waals surface area contributed by atoms with Gasteiger partial charge in [-0.1, -0.05) is 0 Å². The van der Waals surface area contributed by atoms with Crippen molar-refractivity contribution in [3.05, 3.63) is 41.2 Å². The minimum atomic E-state index is -0.231. The minimum Gasteiger partial charge on any atom is -0.323 e. The summed E-state index contributed by atoms with van der Waals surface area (Å²) in [5.41, 5.74) is 7.62. The molecule has 0 fully saturated rings. The molecular formula is C13H16FN3S. The van der Waals surface area contributed by atoms with Crippen LogP contribution in [0.1, 0.15) is 25.6 Å². The zero-order chi connectivity index (χ0) is 13.1. The Morgan fingerprint density at radius 1 is 1.39 bits per heavy atom. The lowest BCUT2D eigenvalue weighted by atomic mass is 10.3. The normalized spacial score (nSPS) is 12.4. The average Bonchev–Trinajstić information content (AvgIpc) is 2.82. The Kier molecular flexibility index (Phi) is 3.93. The molecule has 0 aliphatic heterocycles. The van der Waals surface area contributed by atoms with Crippen LogP contribution in [0.4, 0.5) is 15.2 Å². The van der Waals surface area contributed by atoms with Crippen LogP contribution in [0.5, 0.6) is 0 Å². The number of benzene rings is 1. The Hall–Kier alpha value is -1.46. The van der Waals surface area contributed by atoms with Gasteiger partial charge in [0.2, 0.25) is 0 Å². The second-order valence-corrected chi connectivity index (χ2v) is 4.90. The fourth-order valence-corrected chi connectivity index (χ4v) is 2.67. The van der Waals surface area contributed by atoms with E-state index in [-0.39, 0.29) is 11.9 Å². The van der Waals surface area contributed by atoms with E-state index < -0.39 is 0 Å². The summed E-state index contributed by atoms with van der Waals surface area (Å²) < 4.78 is 12.9. The average molecular weight is 265 g/mol. The van der Waals surface area contributed by atoms with Crippen molar-refractivity contribution in [2.45, 2.75) is 19.9 Å². The number of nitrogens with two attached hydrogens (primary N) is 1. The van der Waals surface area contributed by atoms with E-state index in [1.807, 2.05) is 24.1 Å². The summed E-state index contributed by atoms with van der Waals surface area (Å²) in [7, 11) is 0. The van der Waals surface area contributed by atoms with E-state index in [1.54, 1.807) is 23.5 Å². The SMILES string of the molecule is CCN(c1ccc(F)cc1)c1nc(C(C)N)cs1. The quantitative estimate of drug-likeness (QED) is 0.920. The Morgan fingerprint density at radius 3 is 2.56 bits per heavy atom. The fraction of sp³-hybridized carbons (Fsp3) is 0.308. The van der Waals surface area contributed by atoms with E-state index in [0.717, 1.165) is 23.1 Å². The highest BCUT2D eigenvalue weighted by atomic mass is 32.1. The van der Waals surface area contributed by atoms with Crippen LogP contribution in [-0.2, 0) is 0 Å². The van der Waals surface area contributed by atoms with Crippen molar-refractivity contribution in [2.75, 3.05) is 11.4 Å². The predicted molar refractivity (Wildman–Crippen MR) is 73.8 cm³/mol. The minimum absolute atomic E-state index is 0.0677. The maximum atomic E-state index is 12.9. The molecule has 0 amide bonds. The zero-order valence-corrected chi connectivity index (χ0v) is 11.2. The summed E-state index contributed by atoms with van der Waals surface area (Å²) in [6.45, 7) is 4.72. The molecule has 0 saturated heterocycles. The van der Waals surface area contributed by atoms with E-state index in [0.29, 0.717) is 0 Å². The van der Waals surface area contributed by atoms with Crippen LogP contribution in [0, 0.1) is 5.82 Å². The van der Waals surface area contributed by atoms with Crippen LogP contribution in [-0.4, -0.2) is 11.5 Å². The van der Waals surface area contributed by atoms with E-state index >= 15 is 0 Å². The second kappa shape index (κ2) is 5.46. The molecule has 2 aromatic rings. The van der Waals surface area contributed by atoms with Gasteiger partial charge in [-0.2, -0.15) is 0 Å². The van der Waals surface area contributed by atoms with Crippen molar-refractivity contribution in [1.82, 2.24) is 4.98 Å². The molecule has 96 valence electrons. The summed E-state index contributed by atoms with van der Waals surface area (Å²) in [5, 5.41) is 2.85. The first-order valence-corrected chi connectivity index (χ1v) is 6.74. The Balaban J connectivity index is 2.29. The predicted octanol–water partition coefficient (Wildman–Crippen LogP) is 3.46. The first kappa shape index (κ1) is 13.0. The third-order valence-corrected chi connectivity index (χ3v) is 3.54. The van der Waals surface area contributed by atoms with Crippen molar-refractivity contribution in [3.63, 3.8) is 0 Å². The summed E-state index contributed by atoms with van der Waals surface area (Å²) >= 11 is 1.55. The highest BCUT2D eigenvalue weighted by Crippen LogP contribution is 2.29. The Morgan fingerprint density at radius 2 is 2.06 bits per heavy atom. The lowest BCUT2D eigenvalue weighted by molar-refractivity contribution is 0.628. The van der Waals surface area contributed by atoms with Crippen molar-refractivity contribution >= 4 is 22.2 Å². The lowest BCUT2D eigenvalue weighted by Gasteiger charge is -2.19. The summed E-state index contributed by atoms with van der Waals surface area (Å²) in [6, 6.07) is 6.36. The summed E-state index contributed by atoms with van der Waals surface area (Å²) in [4.78, 5) is 6.54. The highest BCUT2D eigenvalue weighted by molar-refractivity contribution is 7.13. The number of anilines is 2. The second-order valence-electron chi connectivity index (χ2n) is 4.06. The van der Waals surface area contributed by atoms with Crippen molar-refractivity contribution in [1.29, 1.82) is 0 Å². The molecule has 1 unspecified atom stereocenters. The third kappa shape index (κ3) is 2.68. The standard InChI is InChI=1S/C13H16FN3S/c1-3-17(11-6-4-10(14)5-7-11)13-16-12(8-18-13)9(2)15/h4-9H,3,15H2,1-2H3. The fourth-order valence-electron chi connectivity index (χ4n) is 1.66. The molecule has 0 bridgehead atoms. The molecule has 18 heavy (non-hydrogen) atoms. The molecule has 1 heterocycles. The van der Waals surface area contributed by atoms with Crippen LogP contribution in [0.25, 0.3) is 0 Å². The first-order valence-electron chi connectivity index (χ1n) is 5.86. The number of rotatable bonds is 4. The van der Waals surface area contributed by atoms with Crippen molar-refractivity contribution in [3.8, 4) is 0 Å². The van der Waals surface area contributed by atoms with Crippen molar-refractivity contribution < 1.29 is 4.39 Å². The van der Waals surface area contributed by atoms with Gasteiger partial charge in [-0.25, -0.2) is 9.37 Å². The van der Waals surface area contributed by atoms with Crippen LogP contribution in [0.3, 0.4) is 0 Å². The molecule has 3 nitrogen and oxygen atoms in total. The van der Waals surface area contributed by atoms with Gasteiger partial charge in [0.25, 0.3) is 0 Å². The van der Waals surface area contributed by atoms with E-state index in [1.165, 1.54) is 12.1 Å². The number of aromatic nitrogens is 1. The van der Waals surface area contributed by atoms with Gasteiger partial charge >= 0.3 is 0 Å². The molecule has 5 heteroatoms. The summed E-state index contributed by atoms with van der Waals surface area (Å²) in [6.07, 6.45) is 0. The Bertz CT molecular complexity index is 507. The number of hydrogen-bond acceptors (Lipinski definition) is 4. The van der Waals surface area contributed by atoms with Crippen LogP contribution < -0.4 is 10.6 Å². The van der Waals surface area contributed by atoms with E-state index in [9.17, 15) is 4.39 Å². The molecule has 0 spiro atoms. The summed E-state index contributed by atoms with van der Waals surface area (Å²) in [5.74, 6) is -0.231. The molecule has 2 rings (SSSR count). The molecule has 1 aromatic carbocycles. The maximum Gasteiger partial charge on any atom is 0.190 e. The topological polar surface area (TPSA) is 42.2 Å². The zero-order valence-electron chi connectivity index (χ0n) is 10.4. The van der Waals surface area contributed by atoms with Crippen LogP contribution in [0.2, 0.25) is 0 Å². The largest absolute Gasteiger partial charge is 0.323 e. The molecule has 0 aliphatic carbocycles. The van der Waals surface area contributed by atoms with Gasteiger partial charge in [-0.05, 0) is 38.1 Å². The smallest absolute Gasteiger partial charge is 0.190 e. The molecule has 0 aliphatic rings. The van der Waals surface area contributed by atoms with Gasteiger partial charge in [-0.15, -0.1) is 11.3 Å². The monoisotopic (exact) mass is 265 g/mol. The first-order chi connectivity index (χ1) is 8.61. The van der Waals surface area contributed by atoms with Crippen LogP contribution >= 0.6 is 11.3 Å². The molecule has 1 aromatic heterocycles. The number of thiazole rings is 1. The van der Waals surface area contributed by atoms with Gasteiger partial charge in [0.05, 0.1) is 5.69 Å². The van der Waals surface area contributed by atoms with Gasteiger partial charge in [0, 0.05) is 23.7 Å². The van der Waals surface area contributed by atoms with Gasteiger partial charge in [0.15, 0.2) is 5.13 Å². The van der Waals surface area contributed by atoms with E-state index in [4.69, 9.17) is 5.73 Å². The molecule has 2 N–H and O–H groups in total. The molecule has 0 saturated carbocycles. The van der Waals surface area contributed by atoms with Gasteiger partial charge in [-0.3, -0.25) is 0 Å². The van der Waals surface area contributed by atoms with Crippen LogP contribution in [0.15, 0.2) is 29.6 Å². The van der Waals surface area contributed by atoms with E-state index in [2.05, 4.69) is 4.98 Å². The highest BCUT2D eigenvalue weighted by Gasteiger charge is 2.13. The Labute approximate surface area is 110 Å². The van der Waals surface area contributed by atoms with Gasteiger partial charge < -0.3 is 10.6 Å². The third-order valence-electron chi connectivity index (χ3n) is 2.66.